The molecule has 0 spiro atoms. The maximum atomic E-state index is 12.2. The molecule has 4 amide bonds. The average molecular weight is 254 g/mol. The van der Waals surface area contributed by atoms with Crippen LogP contribution in [0.3, 0.4) is 0 Å². The highest BCUT2D eigenvalue weighted by molar-refractivity contribution is 6.16. The molecule has 0 saturated carbocycles. The quantitative estimate of drug-likeness (QED) is 0.738. The van der Waals surface area contributed by atoms with Gasteiger partial charge in [-0.15, -0.1) is 0 Å². The lowest BCUT2D eigenvalue weighted by Gasteiger charge is -2.34. The second-order valence-electron chi connectivity index (χ2n) is 4.84. The van der Waals surface area contributed by atoms with Crippen molar-refractivity contribution >= 4 is 17.8 Å². The lowest BCUT2D eigenvalue weighted by molar-refractivity contribution is -0.144. The lowest BCUT2D eigenvalue weighted by atomic mass is 9.97. The van der Waals surface area contributed by atoms with Gasteiger partial charge in [0.15, 0.2) is 0 Å². The fourth-order valence-corrected chi connectivity index (χ4v) is 2.22. The van der Waals surface area contributed by atoms with E-state index in [9.17, 15) is 14.4 Å². The maximum absolute atomic E-state index is 12.2. The normalized spacial score (nSPS) is 22.1. The molecule has 1 fully saturated rings. The van der Waals surface area contributed by atoms with Crippen molar-refractivity contribution in [1.82, 2.24) is 10.2 Å². The molecule has 0 aromatic carbocycles. The number of nitrogens with zero attached hydrogens (tertiary/aromatic N) is 1. The highest BCUT2D eigenvalue weighted by atomic mass is 16.2. The minimum absolute atomic E-state index is 0.148. The molecule has 0 radical (unpaired) electrons. The van der Waals surface area contributed by atoms with Gasteiger partial charge in [-0.05, 0) is 19.8 Å². The summed E-state index contributed by atoms with van der Waals surface area (Å²) in [6, 6.07) is -0.717. The molecule has 1 aliphatic heterocycles. The van der Waals surface area contributed by atoms with Gasteiger partial charge < -0.3 is 0 Å². The van der Waals surface area contributed by atoms with Crippen LogP contribution in [0.1, 0.15) is 52.9 Å². The summed E-state index contributed by atoms with van der Waals surface area (Å²) in [6.45, 7) is 5.84. The number of rotatable bonds is 6. The number of hydrogen-bond acceptors (Lipinski definition) is 3. The van der Waals surface area contributed by atoms with Gasteiger partial charge in [0.05, 0.1) is 0 Å². The molecule has 2 atom stereocenters. The Morgan fingerprint density at radius 3 is 2.44 bits per heavy atom. The number of amides is 4. The van der Waals surface area contributed by atoms with Crippen molar-refractivity contribution in [2.75, 3.05) is 0 Å². The van der Waals surface area contributed by atoms with Crippen molar-refractivity contribution in [1.29, 1.82) is 0 Å². The predicted octanol–water partition coefficient (Wildman–Crippen LogP) is 2.06. The van der Waals surface area contributed by atoms with Gasteiger partial charge in [0, 0.05) is 6.04 Å². The van der Waals surface area contributed by atoms with E-state index in [0.29, 0.717) is 6.42 Å². The van der Waals surface area contributed by atoms with E-state index in [-0.39, 0.29) is 11.9 Å². The third kappa shape index (κ3) is 3.09. The Labute approximate surface area is 108 Å². The molecule has 102 valence electrons. The van der Waals surface area contributed by atoms with Crippen LogP contribution in [0.2, 0.25) is 0 Å². The number of carbonyl (C=O) groups is 3. The van der Waals surface area contributed by atoms with Gasteiger partial charge in [0.25, 0.3) is 0 Å². The van der Waals surface area contributed by atoms with Gasteiger partial charge in [0.1, 0.15) is 5.92 Å². The third-order valence-corrected chi connectivity index (χ3v) is 3.29. The summed E-state index contributed by atoms with van der Waals surface area (Å²) in [5.41, 5.74) is 0. The number of barbiturate groups is 1. The van der Waals surface area contributed by atoms with Crippen LogP contribution in [0, 0.1) is 5.92 Å². The second-order valence-corrected chi connectivity index (χ2v) is 4.84. The molecule has 0 aromatic rings. The first-order valence-corrected chi connectivity index (χ1v) is 6.70. The molecule has 0 aliphatic carbocycles. The fraction of sp³-hybridized carbons (Fsp3) is 0.769. The summed E-state index contributed by atoms with van der Waals surface area (Å²) in [7, 11) is 0. The van der Waals surface area contributed by atoms with E-state index in [0.717, 1.165) is 25.7 Å². The van der Waals surface area contributed by atoms with Gasteiger partial charge in [-0.3, -0.25) is 19.8 Å². The van der Waals surface area contributed by atoms with Gasteiger partial charge >= 0.3 is 6.03 Å². The molecular weight excluding hydrogens is 232 g/mol. The van der Waals surface area contributed by atoms with E-state index >= 15 is 0 Å². The Morgan fingerprint density at radius 1 is 1.22 bits per heavy atom. The highest BCUT2D eigenvalue weighted by Gasteiger charge is 2.41. The number of nitrogens with one attached hydrogen (secondary N) is 1. The van der Waals surface area contributed by atoms with Crippen molar-refractivity contribution in [2.45, 2.75) is 58.9 Å². The number of imide groups is 2. The molecular formula is C13H22N2O3. The van der Waals surface area contributed by atoms with E-state index in [1.54, 1.807) is 0 Å². The minimum Gasteiger partial charge on any atom is -0.277 e. The zero-order valence-electron chi connectivity index (χ0n) is 11.4. The van der Waals surface area contributed by atoms with Crippen molar-refractivity contribution < 1.29 is 14.4 Å². The van der Waals surface area contributed by atoms with Crippen molar-refractivity contribution in [3.8, 4) is 0 Å². The Morgan fingerprint density at radius 2 is 1.89 bits per heavy atom. The summed E-state index contributed by atoms with van der Waals surface area (Å²) in [4.78, 5) is 36.8. The van der Waals surface area contributed by atoms with Crippen molar-refractivity contribution in [3.63, 3.8) is 0 Å². The second kappa shape index (κ2) is 6.52. The third-order valence-electron chi connectivity index (χ3n) is 3.29. The first-order valence-electron chi connectivity index (χ1n) is 6.70. The number of unbranched alkanes of at least 4 members (excludes halogenated alkanes) is 1. The number of carbonyl (C=O) groups excluding carboxylic acids is 3. The molecule has 2 unspecified atom stereocenters. The van der Waals surface area contributed by atoms with Crippen LogP contribution in [0.4, 0.5) is 4.79 Å². The van der Waals surface area contributed by atoms with Gasteiger partial charge in [-0.2, -0.15) is 0 Å². The predicted molar refractivity (Wildman–Crippen MR) is 67.8 cm³/mol. The molecule has 5 heteroatoms. The van der Waals surface area contributed by atoms with Gasteiger partial charge in [0.2, 0.25) is 11.8 Å². The zero-order valence-corrected chi connectivity index (χ0v) is 11.4. The SMILES string of the molecule is CCCCC(C)N1C(=O)NC(=O)C(CCC)C1=O. The van der Waals surface area contributed by atoms with Gasteiger partial charge in [-0.25, -0.2) is 4.79 Å². The Hall–Kier alpha value is -1.39. The van der Waals surface area contributed by atoms with Crippen LogP contribution in [0.15, 0.2) is 0 Å². The molecule has 0 bridgehead atoms. The monoisotopic (exact) mass is 254 g/mol. The van der Waals surface area contributed by atoms with Crippen LogP contribution in [-0.2, 0) is 9.59 Å². The Kier molecular flexibility index (Phi) is 5.31. The van der Waals surface area contributed by atoms with Crippen LogP contribution < -0.4 is 5.32 Å². The van der Waals surface area contributed by atoms with E-state index in [2.05, 4.69) is 12.2 Å². The average Bonchev–Trinajstić information content (AvgIpc) is 2.31. The molecule has 1 heterocycles. The summed E-state index contributed by atoms with van der Waals surface area (Å²) in [5.74, 6) is -1.49. The summed E-state index contributed by atoms with van der Waals surface area (Å²) < 4.78 is 0. The number of urea groups is 1. The van der Waals surface area contributed by atoms with Crippen LogP contribution in [-0.4, -0.2) is 28.8 Å². The molecule has 1 saturated heterocycles. The highest BCUT2D eigenvalue weighted by Crippen LogP contribution is 2.20. The van der Waals surface area contributed by atoms with Crippen molar-refractivity contribution in [3.05, 3.63) is 0 Å². The summed E-state index contributed by atoms with van der Waals surface area (Å²) in [5, 5.41) is 2.28. The van der Waals surface area contributed by atoms with Crippen molar-refractivity contribution in [2.24, 2.45) is 5.92 Å². The molecule has 0 aromatic heterocycles. The van der Waals surface area contributed by atoms with E-state index in [1.807, 2.05) is 13.8 Å². The summed E-state index contributed by atoms with van der Waals surface area (Å²) in [6.07, 6.45) is 4.00. The zero-order chi connectivity index (χ0) is 13.7. The smallest absolute Gasteiger partial charge is 0.277 e. The number of hydrogen-bond donors (Lipinski definition) is 1. The van der Waals surface area contributed by atoms with E-state index in [1.165, 1.54) is 4.90 Å². The molecule has 5 nitrogen and oxygen atoms in total. The van der Waals surface area contributed by atoms with E-state index < -0.39 is 17.9 Å². The van der Waals surface area contributed by atoms with Crippen LogP contribution >= 0.6 is 0 Å². The molecule has 18 heavy (non-hydrogen) atoms. The summed E-state index contributed by atoms with van der Waals surface area (Å²) >= 11 is 0. The largest absolute Gasteiger partial charge is 0.331 e. The first kappa shape index (κ1) is 14.7. The topological polar surface area (TPSA) is 66.5 Å². The Balaban J connectivity index is 2.79. The standard InChI is InChI=1S/C13H22N2O3/c1-4-6-8-9(3)15-12(17)10(7-5-2)11(16)14-13(15)18/h9-10H,4-8H2,1-3H3,(H,14,16,18). The fourth-order valence-electron chi connectivity index (χ4n) is 2.22. The van der Waals surface area contributed by atoms with Crippen LogP contribution in [0.25, 0.3) is 0 Å². The first-order chi connectivity index (χ1) is 8.52. The van der Waals surface area contributed by atoms with E-state index in [4.69, 9.17) is 0 Å². The van der Waals surface area contributed by atoms with Crippen LogP contribution in [0.5, 0.6) is 0 Å². The minimum atomic E-state index is -0.697. The molecule has 1 aliphatic rings. The lowest BCUT2D eigenvalue weighted by Crippen LogP contribution is -2.60. The Bertz CT molecular complexity index is 341. The molecule has 1 rings (SSSR count). The molecule has 1 N–H and O–H groups in total. The van der Waals surface area contributed by atoms with Gasteiger partial charge in [-0.1, -0.05) is 33.1 Å². The maximum Gasteiger partial charge on any atom is 0.331 e.